The molecule has 1 aliphatic heterocycles. The maximum atomic E-state index is 12.5. The lowest BCUT2D eigenvalue weighted by Crippen LogP contribution is -2.48. The first-order chi connectivity index (χ1) is 14.1. The Bertz CT molecular complexity index is 773. The van der Waals surface area contributed by atoms with Crippen LogP contribution in [0.2, 0.25) is 5.02 Å². The van der Waals surface area contributed by atoms with Crippen molar-refractivity contribution >= 4 is 29.1 Å². The van der Waals surface area contributed by atoms with Gasteiger partial charge >= 0.3 is 0 Å². The molecule has 0 radical (unpaired) electrons. The van der Waals surface area contributed by atoms with Gasteiger partial charge in [-0.3, -0.25) is 9.59 Å². The lowest BCUT2D eigenvalue weighted by molar-refractivity contribution is -0.131. The summed E-state index contributed by atoms with van der Waals surface area (Å²) in [5, 5.41) is 3.81. The van der Waals surface area contributed by atoms with Crippen molar-refractivity contribution < 1.29 is 9.59 Å². The number of benzene rings is 1. The highest BCUT2D eigenvalue weighted by atomic mass is 35.5. The molecule has 1 aromatic rings. The smallest absolute Gasteiger partial charge is 0.222 e. The first-order valence-electron chi connectivity index (χ1n) is 10.8. The van der Waals surface area contributed by atoms with Crippen LogP contribution in [-0.4, -0.2) is 49.4 Å². The molecule has 5 nitrogen and oxygen atoms in total. The van der Waals surface area contributed by atoms with Crippen LogP contribution >= 0.6 is 11.6 Å². The van der Waals surface area contributed by atoms with Gasteiger partial charge in [-0.05, 0) is 55.2 Å². The average Bonchev–Trinajstić information content (AvgIpc) is 3.36. The van der Waals surface area contributed by atoms with Crippen LogP contribution in [-0.2, 0) is 9.59 Å². The summed E-state index contributed by atoms with van der Waals surface area (Å²) in [6.07, 6.45) is 8.61. The van der Waals surface area contributed by atoms with Gasteiger partial charge in [-0.15, -0.1) is 0 Å². The Labute approximate surface area is 178 Å². The molecule has 1 aromatic carbocycles. The Morgan fingerprint density at radius 1 is 1.07 bits per heavy atom. The minimum Gasteiger partial charge on any atom is -0.368 e. The fourth-order valence-corrected chi connectivity index (χ4v) is 5.09. The molecule has 156 valence electrons. The molecule has 3 aliphatic rings. The number of nitrogens with one attached hydrogen (secondary N) is 1. The minimum atomic E-state index is 0.0790. The Balaban J connectivity index is 1.11. The Kier molecular flexibility index (Phi) is 6.43. The lowest BCUT2D eigenvalue weighted by atomic mass is 9.93. The van der Waals surface area contributed by atoms with Crippen LogP contribution in [0.1, 0.15) is 32.1 Å². The van der Waals surface area contributed by atoms with Crippen molar-refractivity contribution in [2.24, 2.45) is 17.8 Å². The van der Waals surface area contributed by atoms with E-state index in [-0.39, 0.29) is 11.8 Å². The maximum Gasteiger partial charge on any atom is 0.222 e. The Morgan fingerprint density at radius 2 is 1.90 bits per heavy atom. The number of amides is 2. The van der Waals surface area contributed by atoms with Crippen molar-refractivity contribution in [3.63, 3.8) is 0 Å². The molecule has 4 rings (SSSR count). The number of rotatable bonds is 7. The van der Waals surface area contributed by atoms with E-state index in [2.05, 4.69) is 28.4 Å². The van der Waals surface area contributed by atoms with Crippen LogP contribution in [0.25, 0.3) is 0 Å². The first-order valence-corrected chi connectivity index (χ1v) is 11.2. The predicted octanol–water partition coefficient (Wildman–Crippen LogP) is 3.49. The van der Waals surface area contributed by atoms with E-state index < -0.39 is 0 Å². The zero-order valence-electron chi connectivity index (χ0n) is 16.9. The molecule has 1 saturated carbocycles. The molecular formula is C23H30ClN3O2. The van der Waals surface area contributed by atoms with Crippen molar-refractivity contribution in [2.75, 3.05) is 37.6 Å². The molecule has 0 aromatic heterocycles. The number of anilines is 1. The number of hydrogen-bond acceptors (Lipinski definition) is 3. The molecule has 2 amide bonds. The van der Waals surface area contributed by atoms with Crippen molar-refractivity contribution in [1.82, 2.24) is 10.2 Å². The molecule has 3 atom stereocenters. The molecule has 3 unspecified atom stereocenters. The Hall–Kier alpha value is -2.01. The van der Waals surface area contributed by atoms with Crippen molar-refractivity contribution in [2.45, 2.75) is 32.1 Å². The number of carbonyl (C=O) groups excluding carboxylic acids is 2. The largest absolute Gasteiger partial charge is 0.368 e. The average molecular weight is 416 g/mol. The topological polar surface area (TPSA) is 52.7 Å². The van der Waals surface area contributed by atoms with E-state index in [9.17, 15) is 9.59 Å². The SMILES string of the molecule is O=C(CCCC(=O)N1CCN(c2cccc(Cl)c2)CC1)NCC1CC2C=CC1C2. The number of nitrogens with zero attached hydrogens (tertiary/aromatic N) is 2. The van der Waals surface area contributed by atoms with E-state index in [4.69, 9.17) is 11.6 Å². The van der Waals surface area contributed by atoms with Crippen LogP contribution in [0.4, 0.5) is 5.69 Å². The molecular weight excluding hydrogens is 386 g/mol. The highest BCUT2D eigenvalue weighted by Gasteiger charge is 2.35. The number of allylic oxidation sites excluding steroid dienone is 2. The van der Waals surface area contributed by atoms with Gasteiger partial charge in [0.05, 0.1) is 0 Å². The second-order valence-electron chi connectivity index (χ2n) is 8.55. The summed E-state index contributed by atoms with van der Waals surface area (Å²) >= 11 is 6.07. The monoisotopic (exact) mass is 415 g/mol. The number of halogens is 1. The zero-order chi connectivity index (χ0) is 20.2. The third-order valence-electron chi connectivity index (χ3n) is 6.58. The minimum absolute atomic E-state index is 0.0790. The molecule has 0 spiro atoms. The predicted molar refractivity (Wildman–Crippen MR) is 116 cm³/mol. The normalized spacial score (nSPS) is 25.5. The van der Waals surface area contributed by atoms with Gasteiger partial charge in [-0.1, -0.05) is 29.8 Å². The molecule has 1 N–H and O–H groups in total. The second-order valence-corrected chi connectivity index (χ2v) is 8.98. The van der Waals surface area contributed by atoms with Crippen molar-refractivity contribution in [3.8, 4) is 0 Å². The number of piperazine rings is 1. The van der Waals surface area contributed by atoms with E-state index >= 15 is 0 Å². The van der Waals surface area contributed by atoms with Crippen LogP contribution in [0.3, 0.4) is 0 Å². The maximum absolute atomic E-state index is 12.5. The van der Waals surface area contributed by atoms with E-state index in [0.717, 1.165) is 49.4 Å². The third-order valence-corrected chi connectivity index (χ3v) is 6.81. The van der Waals surface area contributed by atoms with Crippen LogP contribution in [0.5, 0.6) is 0 Å². The highest BCUT2D eigenvalue weighted by Crippen LogP contribution is 2.42. The summed E-state index contributed by atoms with van der Waals surface area (Å²) < 4.78 is 0. The van der Waals surface area contributed by atoms with Gasteiger partial charge in [0.2, 0.25) is 11.8 Å². The first kappa shape index (κ1) is 20.3. The molecule has 29 heavy (non-hydrogen) atoms. The fraction of sp³-hybridized carbons (Fsp3) is 0.565. The fourth-order valence-electron chi connectivity index (χ4n) is 4.91. The second kappa shape index (κ2) is 9.21. The van der Waals surface area contributed by atoms with Crippen molar-refractivity contribution in [1.29, 1.82) is 0 Å². The van der Waals surface area contributed by atoms with E-state index in [1.807, 2.05) is 23.1 Å². The van der Waals surface area contributed by atoms with Gasteiger partial charge in [0.15, 0.2) is 0 Å². The summed E-state index contributed by atoms with van der Waals surface area (Å²) in [5.74, 6) is 2.23. The summed E-state index contributed by atoms with van der Waals surface area (Å²) in [5.41, 5.74) is 1.10. The molecule has 2 bridgehead atoms. The molecule has 2 fully saturated rings. The van der Waals surface area contributed by atoms with Gasteiger partial charge < -0.3 is 15.1 Å². The zero-order valence-corrected chi connectivity index (χ0v) is 17.6. The van der Waals surface area contributed by atoms with Crippen molar-refractivity contribution in [3.05, 3.63) is 41.4 Å². The summed E-state index contributed by atoms with van der Waals surface area (Å²) in [6.45, 7) is 3.84. The van der Waals surface area contributed by atoms with Crippen LogP contribution in [0, 0.1) is 17.8 Å². The quantitative estimate of drug-likeness (QED) is 0.693. The molecule has 6 heteroatoms. The molecule has 2 aliphatic carbocycles. The third kappa shape index (κ3) is 5.13. The summed E-state index contributed by atoms with van der Waals surface area (Å²) in [7, 11) is 0. The standard InChI is InChI=1S/C23H30ClN3O2/c24-20-3-1-4-21(15-20)26-9-11-27(12-10-26)23(29)6-2-5-22(28)25-16-19-14-17-7-8-18(19)13-17/h1,3-4,7-8,15,17-19H,2,5-6,9-14,16H2,(H,25,28). The van der Waals surface area contributed by atoms with Gasteiger partial charge in [-0.25, -0.2) is 0 Å². The number of fused-ring (bicyclic) bond motifs is 2. The lowest BCUT2D eigenvalue weighted by Gasteiger charge is -2.36. The van der Waals surface area contributed by atoms with E-state index in [1.54, 1.807) is 0 Å². The van der Waals surface area contributed by atoms with Crippen LogP contribution < -0.4 is 10.2 Å². The molecule has 1 heterocycles. The molecule has 1 saturated heterocycles. The number of hydrogen-bond donors (Lipinski definition) is 1. The highest BCUT2D eigenvalue weighted by molar-refractivity contribution is 6.30. The summed E-state index contributed by atoms with van der Waals surface area (Å²) in [6, 6.07) is 7.84. The van der Waals surface area contributed by atoms with E-state index in [1.165, 1.54) is 12.8 Å². The summed E-state index contributed by atoms with van der Waals surface area (Å²) in [4.78, 5) is 28.8. The number of carbonyl (C=O) groups is 2. The van der Waals surface area contributed by atoms with Gasteiger partial charge in [0, 0.05) is 56.3 Å². The van der Waals surface area contributed by atoms with Gasteiger partial charge in [-0.2, -0.15) is 0 Å². The van der Waals surface area contributed by atoms with Gasteiger partial charge in [0.1, 0.15) is 0 Å². The Morgan fingerprint density at radius 3 is 2.59 bits per heavy atom. The van der Waals surface area contributed by atoms with Gasteiger partial charge in [0.25, 0.3) is 0 Å². The van der Waals surface area contributed by atoms with E-state index in [0.29, 0.717) is 31.1 Å². The van der Waals surface area contributed by atoms with Crippen LogP contribution in [0.15, 0.2) is 36.4 Å².